The first kappa shape index (κ1) is 18.6. The summed E-state index contributed by atoms with van der Waals surface area (Å²) in [5, 5.41) is 9.33. The molecular formula is C21H24O4. The number of ether oxygens (including phenoxy) is 2. The number of allylic oxidation sites excluding steroid dienone is 1. The van der Waals surface area contributed by atoms with Crippen molar-refractivity contribution in [2.75, 3.05) is 14.2 Å². The van der Waals surface area contributed by atoms with E-state index in [2.05, 4.69) is 20.8 Å². The van der Waals surface area contributed by atoms with Crippen molar-refractivity contribution in [3.05, 3.63) is 59.2 Å². The summed E-state index contributed by atoms with van der Waals surface area (Å²) in [5.74, 6) is 1.39. The molecule has 132 valence electrons. The second-order valence-corrected chi connectivity index (χ2v) is 6.79. The van der Waals surface area contributed by atoms with Gasteiger partial charge in [0.15, 0.2) is 5.78 Å². The van der Waals surface area contributed by atoms with Crippen LogP contribution in [-0.2, 0) is 5.41 Å². The van der Waals surface area contributed by atoms with Gasteiger partial charge in [0.1, 0.15) is 17.2 Å². The fourth-order valence-electron chi connectivity index (χ4n) is 2.71. The smallest absolute Gasteiger partial charge is 0.185 e. The molecule has 1 N–H and O–H groups in total. The number of hydrogen-bond acceptors (Lipinski definition) is 4. The van der Waals surface area contributed by atoms with Crippen LogP contribution in [-0.4, -0.2) is 25.1 Å². The Balaban J connectivity index is 2.46. The highest BCUT2D eigenvalue weighted by Crippen LogP contribution is 2.38. The van der Waals surface area contributed by atoms with Gasteiger partial charge in [-0.05, 0) is 47.4 Å². The number of carbonyl (C=O) groups is 1. The molecule has 0 aromatic heterocycles. The molecule has 0 heterocycles. The van der Waals surface area contributed by atoms with Crippen LogP contribution in [0, 0.1) is 0 Å². The highest BCUT2D eigenvalue weighted by molar-refractivity contribution is 6.07. The molecular weight excluding hydrogens is 316 g/mol. The van der Waals surface area contributed by atoms with Gasteiger partial charge in [-0.25, -0.2) is 0 Å². The lowest BCUT2D eigenvalue weighted by molar-refractivity contribution is 0.104. The Hall–Kier alpha value is -2.75. The number of aromatic hydroxyl groups is 1. The fourth-order valence-corrected chi connectivity index (χ4v) is 2.71. The fraction of sp³-hybridized carbons (Fsp3) is 0.286. The molecule has 2 aromatic rings. The van der Waals surface area contributed by atoms with Gasteiger partial charge in [0.2, 0.25) is 0 Å². The van der Waals surface area contributed by atoms with E-state index < -0.39 is 0 Å². The zero-order chi connectivity index (χ0) is 18.6. The molecule has 2 aromatic carbocycles. The summed E-state index contributed by atoms with van der Waals surface area (Å²) in [7, 11) is 3.22. The van der Waals surface area contributed by atoms with E-state index in [0.29, 0.717) is 11.3 Å². The minimum absolute atomic E-state index is 0.132. The molecule has 4 heteroatoms. The lowest BCUT2D eigenvalue weighted by Gasteiger charge is -2.25. The van der Waals surface area contributed by atoms with Crippen molar-refractivity contribution >= 4 is 11.9 Å². The van der Waals surface area contributed by atoms with Crippen molar-refractivity contribution < 1.29 is 19.4 Å². The summed E-state index contributed by atoms with van der Waals surface area (Å²) in [6.45, 7) is 6.28. The Bertz CT molecular complexity index is 781. The molecule has 0 bridgehead atoms. The molecule has 0 saturated heterocycles. The Morgan fingerprint density at radius 1 is 1.04 bits per heavy atom. The molecule has 0 saturated carbocycles. The average Bonchev–Trinajstić information content (AvgIpc) is 2.58. The van der Waals surface area contributed by atoms with Crippen LogP contribution in [0.3, 0.4) is 0 Å². The zero-order valence-electron chi connectivity index (χ0n) is 15.3. The van der Waals surface area contributed by atoms with E-state index in [4.69, 9.17) is 9.47 Å². The van der Waals surface area contributed by atoms with Crippen molar-refractivity contribution in [1.82, 2.24) is 0 Å². The number of hydrogen-bond donors (Lipinski definition) is 1. The molecule has 25 heavy (non-hydrogen) atoms. The molecule has 2 rings (SSSR count). The molecule has 0 aliphatic carbocycles. The largest absolute Gasteiger partial charge is 0.508 e. The second-order valence-electron chi connectivity index (χ2n) is 6.79. The molecule has 0 aliphatic heterocycles. The van der Waals surface area contributed by atoms with Crippen LogP contribution >= 0.6 is 0 Å². The number of carbonyl (C=O) groups excluding carboxylic acids is 1. The van der Waals surface area contributed by atoms with Crippen molar-refractivity contribution in [1.29, 1.82) is 0 Å². The maximum atomic E-state index is 12.4. The summed E-state index contributed by atoms with van der Waals surface area (Å²) >= 11 is 0. The minimum Gasteiger partial charge on any atom is -0.508 e. The van der Waals surface area contributed by atoms with E-state index >= 15 is 0 Å². The molecule has 0 aliphatic rings. The van der Waals surface area contributed by atoms with Crippen LogP contribution in [0.4, 0.5) is 0 Å². The minimum atomic E-state index is -0.168. The highest BCUT2D eigenvalue weighted by Gasteiger charge is 2.23. The Morgan fingerprint density at radius 2 is 1.68 bits per heavy atom. The first-order chi connectivity index (χ1) is 11.8. The SMILES string of the molecule is COc1cc(C=CC(=O)c2ccc(O)cc2)c(C(C)(C)C)c(OC)c1. The lowest BCUT2D eigenvalue weighted by Crippen LogP contribution is -2.15. The number of benzene rings is 2. The normalized spacial score (nSPS) is 11.6. The summed E-state index contributed by atoms with van der Waals surface area (Å²) in [6.07, 6.45) is 3.30. The predicted octanol–water partition coefficient (Wildman–Crippen LogP) is 4.60. The van der Waals surface area contributed by atoms with Crippen molar-refractivity contribution in [3.63, 3.8) is 0 Å². The number of ketones is 1. The van der Waals surface area contributed by atoms with Gasteiger partial charge in [-0.15, -0.1) is 0 Å². The predicted molar refractivity (Wildman–Crippen MR) is 99.7 cm³/mol. The number of methoxy groups -OCH3 is 2. The third kappa shape index (κ3) is 4.41. The lowest BCUT2D eigenvalue weighted by atomic mass is 9.82. The van der Waals surface area contributed by atoms with E-state index in [-0.39, 0.29) is 16.9 Å². The van der Waals surface area contributed by atoms with Gasteiger partial charge >= 0.3 is 0 Å². The van der Waals surface area contributed by atoms with E-state index in [1.54, 1.807) is 32.4 Å². The molecule has 4 nitrogen and oxygen atoms in total. The van der Waals surface area contributed by atoms with Gasteiger partial charge in [-0.3, -0.25) is 4.79 Å². The molecule has 0 fully saturated rings. The average molecular weight is 340 g/mol. The van der Waals surface area contributed by atoms with Crippen molar-refractivity contribution in [2.24, 2.45) is 0 Å². The molecule has 0 spiro atoms. The van der Waals surface area contributed by atoms with E-state index in [9.17, 15) is 9.90 Å². The Kier molecular flexibility index (Phi) is 5.52. The third-order valence-corrected chi connectivity index (χ3v) is 3.88. The maximum absolute atomic E-state index is 12.4. The Morgan fingerprint density at radius 3 is 2.20 bits per heavy atom. The summed E-state index contributed by atoms with van der Waals surface area (Å²) in [6, 6.07) is 9.92. The standard InChI is InChI=1S/C21H24O4/c1-21(2,3)20-15(12-17(24-4)13-19(20)25-5)8-11-18(23)14-6-9-16(22)10-7-14/h6-13,22H,1-5H3. The molecule has 0 radical (unpaired) electrons. The van der Waals surface area contributed by atoms with Crippen LogP contribution in [0.5, 0.6) is 17.2 Å². The van der Waals surface area contributed by atoms with Crippen LogP contribution in [0.15, 0.2) is 42.5 Å². The third-order valence-electron chi connectivity index (χ3n) is 3.88. The molecule has 0 unspecified atom stereocenters. The van der Waals surface area contributed by atoms with E-state index in [1.165, 1.54) is 18.2 Å². The molecule has 0 amide bonds. The van der Waals surface area contributed by atoms with Gasteiger partial charge in [0, 0.05) is 17.2 Å². The molecule has 0 atom stereocenters. The van der Waals surface area contributed by atoms with Crippen LogP contribution in [0.25, 0.3) is 6.08 Å². The second kappa shape index (κ2) is 7.43. The van der Waals surface area contributed by atoms with Gasteiger partial charge in [0.05, 0.1) is 14.2 Å². The topological polar surface area (TPSA) is 55.8 Å². The number of phenols is 1. The van der Waals surface area contributed by atoms with E-state index in [0.717, 1.165) is 16.9 Å². The Labute approximate surface area is 148 Å². The van der Waals surface area contributed by atoms with Crippen LogP contribution < -0.4 is 9.47 Å². The zero-order valence-corrected chi connectivity index (χ0v) is 15.3. The van der Waals surface area contributed by atoms with Crippen LogP contribution in [0.1, 0.15) is 42.3 Å². The summed E-state index contributed by atoms with van der Waals surface area (Å²) in [4.78, 5) is 12.4. The quantitative estimate of drug-likeness (QED) is 0.638. The van der Waals surface area contributed by atoms with Crippen LogP contribution in [0.2, 0.25) is 0 Å². The van der Waals surface area contributed by atoms with E-state index in [1.807, 2.05) is 12.1 Å². The number of phenolic OH excluding ortho intramolecular Hbond substituents is 1. The van der Waals surface area contributed by atoms with Crippen molar-refractivity contribution in [3.8, 4) is 17.2 Å². The first-order valence-electron chi connectivity index (χ1n) is 8.04. The first-order valence-corrected chi connectivity index (χ1v) is 8.04. The summed E-state index contributed by atoms with van der Waals surface area (Å²) < 4.78 is 10.9. The van der Waals surface area contributed by atoms with Crippen molar-refractivity contribution in [2.45, 2.75) is 26.2 Å². The number of rotatable bonds is 5. The monoisotopic (exact) mass is 340 g/mol. The van der Waals surface area contributed by atoms with Gasteiger partial charge in [-0.1, -0.05) is 26.8 Å². The highest BCUT2D eigenvalue weighted by atomic mass is 16.5. The van der Waals surface area contributed by atoms with Gasteiger partial charge < -0.3 is 14.6 Å². The maximum Gasteiger partial charge on any atom is 0.185 e. The van der Waals surface area contributed by atoms with Gasteiger partial charge in [0.25, 0.3) is 0 Å². The summed E-state index contributed by atoms with van der Waals surface area (Å²) in [5.41, 5.74) is 2.22. The van der Waals surface area contributed by atoms with Gasteiger partial charge in [-0.2, -0.15) is 0 Å².